The molecule has 1 fully saturated rings. The summed E-state index contributed by atoms with van der Waals surface area (Å²) in [6.07, 6.45) is 2.38. The first-order chi connectivity index (χ1) is 19.9. The second kappa shape index (κ2) is 12.7. The summed E-state index contributed by atoms with van der Waals surface area (Å²) in [5.41, 5.74) is 4.83. The fourth-order valence-corrected chi connectivity index (χ4v) is 4.17. The molecule has 2 aliphatic rings. The molecule has 1 amide bonds. The summed E-state index contributed by atoms with van der Waals surface area (Å²) in [6, 6.07) is 7.84. The number of hydrogen-bond donors (Lipinski definition) is 2. The molecule has 0 radical (unpaired) electrons. The van der Waals surface area contributed by atoms with Crippen LogP contribution in [0.1, 0.15) is 5.69 Å². The van der Waals surface area contributed by atoms with Gasteiger partial charge in [-0.1, -0.05) is 11.3 Å². The average molecular weight is 571 g/mol. The van der Waals surface area contributed by atoms with Gasteiger partial charge in [-0.25, -0.2) is 18.7 Å². The summed E-state index contributed by atoms with van der Waals surface area (Å²) in [5, 5.41) is 17.9. The Morgan fingerprint density at radius 1 is 1.27 bits per heavy atom. The number of ether oxygens (including phenoxy) is 4. The SMILES string of the molecule is COCCOC(=O)OC[C@@H](O)[C@@H]1C=C(c2ccc(-c3ccc(N4C[C@H](Cn5ccnn5)OC4=O)cc3F)cn2)NO1. The Morgan fingerprint density at radius 3 is 2.88 bits per heavy atom. The number of carbonyl (C=O) groups excluding carboxylic acids is 2. The fourth-order valence-electron chi connectivity index (χ4n) is 4.17. The predicted molar refractivity (Wildman–Crippen MR) is 138 cm³/mol. The molecule has 2 aromatic heterocycles. The maximum absolute atomic E-state index is 15.1. The minimum absolute atomic E-state index is 0.0336. The van der Waals surface area contributed by atoms with Crippen molar-refractivity contribution in [3.8, 4) is 11.1 Å². The number of nitrogens with one attached hydrogen (secondary N) is 1. The number of halogens is 1. The molecular weight excluding hydrogens is 543 g/mol. The minimum Gasteiger partial charge on any atom is -0.442 e. The lowest BCUT2D eigenvalue weighted by atomic mass is 10.1. The minimum atomic E-state index is -1.16. The number of anilines is 1. The van der Waals surface area contributed by atoms with Crippen LogP contribution in [0.15, 0.2) is 55.0 Å². The summed E-state index contributed by atoms with van der Waals surface area (Å²) < 4.78 is 36.5. The lowest BCUT2D eigenvalue weighted by Crippen LogP contribution is -2.32. The molecule has 0 unspecified atom stereocenters. The van der Waals surface area contributed by atoms with E-state index >= 15 is 4.39 Å². The molecule has 1 saturated heterocycles. The van der Waals surface area contributed by atoms with Gasteiger partial charge in [0.25, 0.3) is 0 Å². The summed E-state index contributed by atoms with van der Waals surface area (Å²) >= 11 is 0. The first-order valence-electron chi connectivity index (χ1n) is 12.6. The molecule has 0 saturated carbocycles. The first-order valence-corrected chi connectivity index (χ1v) is 12.6. The van der Waals surface area contributed by atoms with Crippen LogP contribution in [0.4, 0.5) is 19.7 Å². The molecule has 4 heterocycles. The van der Waals surface area contributed by atoms with Crippen LogP contribution in [-0.4, -0.2) is 89.1 Å². The predicted octanol–water partition coefficient (Wildman–Crippen LogP) is 1.91. The van der Waals surface area contributed by atoms with E-state index in [-0.39, 0.29) is 26.4 Å². The van der Waals surface area contributed by atoms with Crippen LogP contribution < -0.4 is 10.4 Å². The van der Waals surface area contributed by atoms with Crippen LogP contribution in [0, 0.1) is 5.82 Å². The Kier molecular flexibility index (Phi) is 8.67. The summed E-state index contributed by atoms with van der Waals surface area (Å²) in [4.78, 5) is 35.0. The molecule has 2 aliphatic heterocycles. The number of aromatic nitrogens is 4. The van der Waals surface area contributed by atoms with Crippen LogP contribution in [0.5, 0.6) is 0 Å². The maximum Gasteiger partial charge on any atom is 0.508 e. The summed E-state index contributed by atoms with van der Waals surface area (Å²) in [7, 11) is 1.47. The molecule has 2 N–H and O–H groups in total. The Labute approximate surface area is 233 Å². The summed E-state index contributed by atoms with van der Waals surface area (Å²) in [5.74, 6) is -0.532. The van der Waals surface area contributed by atoms with Gasteiger partial charge < -0.3 is 24.1 Å². The Bertz CT molecular complexity index is 1390. The van der Waals surface area contributed by atoms with Crippen molar-refractivity contribution >= 4 is 23.6 Å². The van der Waals surface area contributed by atoms with Crippen LogP contribution in [0.2, 0.25) is 0 Å². The van der Waals surface area contributed by atoms with E-state index in [1.807, 2.05) is 0 Å². The number of hydrogen-bond acceptors (Lipinski definition) is 12. The topological polar surface area (TPSA) is 159 Å². The smallest absolute Gasteiger partial charge is 0.442 e. The third-order valence-corrected chi connectivity index (χ3v) is 6.25. The molecule has 41 heavy (non-hydrogen) atoms. The number of aliphatic hydroxyl groups is 1. The molecule has 15 heteroatoms. The summed E-state index contributed by atoms with van der Waals surface area (Å²) in [6.45, 7) is 0.505. The van der Waals surface area contributed by atoms with Gasteiger partial charge in [0.1, 0.15) is 37.3 Å². The molecule has 216 valence electrons. The molecular formula is C26H27FN6O8. The number of benzene rings is 1. The van der Waals surface area contributed by atoms with Crippen LogP contribution in [-0.2, 0) is 30.3 Å². The van der Waals surface area contributed by atoms with Gasteiger partial charge in [-0.2, -0.15) is 0 Å². The van der Waals surface area contributed by atoms with Crippen molar-refractivity contribution in [1.29, 1.82) is 0 Å². The van der Waals surface area contributed by atoms with E-state index in [1.165, 1.54) is 30.5 Å². The highest BCUT2D eigenvalue weighted by molar-refractivity contribution is 5.90. The number of amides is 1. The Morgan fingerprint density at radius 2 is 2.15 bits per heavy atom. The molecule has 14 nitrogen and oxygen atoms in total. The molecule has 3 atom stereocenters. The van der Waals surface area contributed by atoms with E-state index in [9.17, 15) is 14.7 Å². The molecule has 0 spiro atoms. The number of cyclic esters (lactones) is 1. The van der Waals surface area contributed by atoms with Crippen molar-refractivity contribution in [2.24, 2.45) is 0 Å². The third kappa shape index (κ3) is 6.77. The number of hydroxylamine groups is 1. The number of pyridine rings is 1. The van der Waals surface area contributed by atoms with Gasteiger partial charge in [-0.05, 0) is 30.3 Å². The first kappa shape index (κ1) is 27.9. The van der Waals surface area contributed by atoms with E-state index < -0.39 is 36.4 Å². The highest BCUT2D eigenvalue weighted by Gasteiger charge is 2.33. The zero-order valence-electron chi connectivity index (χ0n) is 21.9. The van der Waals surface area contributed by atoms with E-state index in [1.54, 1.807) is 41.2 Å². The van der Waals surface area contributed by atoms with Crippen molar-refractivity contribution in [2.45, 2.75) is 24.9 Å². The lowest BCUT2D eigenvalue weighted by molar-refractivity contribution is -0.0601. The quantitative estimate of drug-likeness (QED) is 0.255. The Hall–Kier alpha value is -4.60. The zero-order valence-corrected chi connectivity index (χ0v) is 21.9. The largest absolute Gasteiger partial charge is 0.508 e. The molecule has 1 aromatic carbocycles. The second-order valence-electron chi connectivity index (χ2n) is 9.07. The molecule has 5 rings (SSSR count). The van der Waals surface area contributed by atoms with Gasteiger partial charge in [0, 0.05) is 30.6 Å². The second-order valence-corrected chi connectivity index (χ2v) is 9.07. The van der Waals surface area contributed by atoms with Gasteiger partial charge in [-0.15, -0.1) is 5.10 Å². The maximum atomic E-state index is 15.1. The molecule has 3 aromatic rings. The van der Waals surface area contributed by atoms with Crippen LogP contribution in [0.25, 0.3) is 16.8 Å². The number of rotatable bonds is 11. The Balaban J connectivity index is 1.18. The van der Waals surface area contributed by atoms with Crippen molar-refractivity contribution in [2.75, 3.05) is 38.4 Å². The van der Waals surface area contributed by atoms with E-state index in [4.69, 9.17) is 23.8 Å². The van der Waals surface area contributed by atoms with E-state index in [0.29, 0.717) is 34.8 Å². The average Bonchev–Trinajstić information content (AvgIpc) is 3.74. The van der Waals surface area contributed by atoms with Gasteiger partial charge in [0.15, 0.2) is 0 Å². The number of methoxy groups -OCH3 is 1. The number of carbonyl (C=O) groups is 2. The van der Waals surface area contributed by atoms with Gasteiger partial charge in [0.2, 0.25) is 0 Å². The van der Waals surface area contributed by atoms with Crippen LogP contribution in [0.3, 0.4) is 0 Å². The highest BCUT2D eigenvalue weighted by atomic mass is 19.1. The monoisotopic (exact) mass is 570 g/mol. The van der Waals surface area contributed by atoms with E-state index in [2.05, 4.69) is 20.8 Å². The third-order valence-electron chi connectivity index (χ3n) is 6.25. The number of nitrogens with zero attached hydrogens (tertiary/aromatic N) is 5. The highest BCUT2D eigenvalue weighted by Crippen LogP contribution is 2.30. The standard InChI is InChI=1S/C26H27FN6O8/c1-37-8-9-38-26(36)39-15-23(34)24-11-22(30-41-24)21-5-2-16(12-28-21)19-4-3-17(10-20(19)27)33-14-18(40-25(33)35)13-32-7-6-29-31-32/h2-7,10-12,18,23-24,30,34H,8-9,13-15H2,1H3/t18-,23+,24-/m0/s1. The van der Waals surface area contributed by atoms with Crippen LogP contribution >= 0.6 is 0 Å². The van der Waals surface area contributed by atoms with E-state index in [0.717, 1.165) is 0 Å². The van der Waals surface area contributed by atoms with Gasteiger partial charge in [-0.3, -0.25) is 20.2 Å². The lowest BCUT2D eigenvalue weighted by Gasteiger charge is -2.15. The van der Waals surface area contributed by atoms with Gasteiger partial charge >= 0.3 is 12.2 Å². The van der Waals surface area contributed by atoms with Crippen molar-refractivity contribution in [3.63, 3.8) is 0 Å². The zero-order chi connectivity index (χ0) is 28.8. The molecule has 0 bridgehead atoms. The van der Waals surface area contributed by atoms with Crippen molar-refractivity contribution in [1.82, 2.24) is 25.5 Å². The van der Waals surface area contributed by atoms with Crippen molar-refractivity contribution in [3.05, 3.63) is 66.5 Å². The van der Waals surface area contributed by atoms with Crippen molar-refractivity contribution < 1.29 is 42.9 Å². The fraction of sp³-hybridized carbons (Fsp3) is 0.346. The van der Waals surface area contributed by atoms with Gasteiger partial charge in [0.05, 0.1) is 43.0 Å². The number of aliphatic hydroxyl groups excluding tert-OH is 1. The molecule has 0 aliphatic carbocycles. The normalized spacial score (nSPS) is 19.0.